The Labute approximate surface area is 152 Å². The molecule has 6 heteroatoms. The van der Waals surface area contributed by atoms with Gasteiger partial charge in [-0.3, -0.25) is 4.79 Å². The minimum absolute atomic E-state index is 0.156. The van der Waals surface area contributed by atoms with E-state index in [0.717, 1.165) is 23.1 Å². The number of carbonyl (C=O) groups is 1. The predicted molar refractivity (Wildman–Crippen MR) is 95.8 cm³/mol. The number of aryl methyl sites for hydroxylation is 2. The normalized spacial score (nSPS) is 13.3. The van der Waals surface area contributed by atoms with Crippen molar-refractivity contribution in [2.24, 2.45) is 0 Å². The lowest BCUT2D eigenvalue weighted by atomic mass is 9.97. The summed E-state index contributed by atoms with van der Waals surface area (Å²) in [6.45, 7) is 0. The molecule has 0 saturated heterocycles. The molecule has 3 rings (SSSR count). The molecule has 0 unspecified atom stereocenters. The van der Waals surface area contributed by atoms with Gasteiger partial charge in [-0.1, -0.05) is 0 Å². The van der Waals surface area contributed by atoms with E-state index in [0.29, 0.717) is 35.2 Å². The summed E-state index contributed by atoms with van der Waals surface area (Å²) in [5.74, 6) is 2.53. The number of hydrogen-bond acceptors (Lipinski definition) is 6. The topological polar surface area (TPSA) is 63.2 Å². The van der Waals surface area contributed by atoms with Crippen molar-refractivity contribution < 1.29 is 28.5 Å². The Morgan fingerprint density at radius 1 is 0.692 bits per heavy atom. The van der Waals surface area contributed by atoms with Gasteiger partial charge in [0, 0.05) is 6.07 Å². The van der Waals surface area contributed by atoms with Gasteiger partial charge in [-0.2, -0.15) is 0 Å². The van der Waals surface area contributed by atoms with Gasteiger partial charge in [0.05, 0.1) is 34.9 Å². The van der Waals surface area contributed by atoms with Gasteiger partial charge in [-0.15, -0.1) is 0 Å². The standard InChI is InChI=1S/C20H22O6/c1-22-16-7-12-5-6-13-8-17(23-2)19(25-4)11-15(13)26-20(21)10-14(12)9-18(16)24-3/h7-9,11H,5-6,10H2,1-4H3. The summed E-state index contributed by atoms with van der Waals surface area (Å²) >= 11 is 0. The SMILES string of the molecule is COc1cc2c(cc1OC)CC(=O)Oc1cc(OC)c(OC)cc1CC2. The highest BCUT2D eigenvalue weighted by molar-refractivity contribution is 5.77. The first-order valence-electron chi connectivity index (χ1n) is 8.29. The summed E-state index contributed by atoms with van der Waals surface area (Å²) < 4.78 is 27.0. The van der Waals surface area contributed by atoms with Crippen LogP contribution in [0.1, 0.15) is 16.7 Å². The average Bonchev–Trinajstić information content (AvgIpc) is 2.72. The van der Waals surface area contributed by atoms with Crippen molar-refractivity contribution in [2.45, 2.75) is 19.3 Å². The smallest absolute Gasteiger partial charge is 0.315 e. The molecule has 0 aliphatic carbocycles. The van der Waals surface area contributed by atoms with E-state index >= 15 is 0 Å². The lowest BCUT2D eigenvalue weighted by Gasteiger charge is -2.14. The molecule has 2 aromatic carbocycles. The van der Waals surface area contributed by atoms with Crippen LogP contribution in [-0.4, -0.2) is 34.4 Å². The molecule has 26 heavy (non-hydrogen) atoms. The molecule has 0 bridgehead atoms. The fourth-order valence-corrected chi connectivity index (χ4v) is 3.14. The second-order valence-corrected chi connectivity index (χ2v) is 5.94. The quantitative estimate of drug-likeness (QED) is 0.618. The molecule has 0 atom stereocenters. The highest BCUT2D eigenvalue weighted by Crippen LogP contribution is 2.37. The predicted octanol–water partition coefficient (Wildman–Crippen LogP) is 2.97. The first-order chi connectivity index (χ1) is 12.6. The van der Waals surface area contributed by atoms with E-state index in [2.05, 4.69) is 0 Å². The van der Waals surface area contributed by atoms with E-state index in [4.69, 9.17) is 23.7 Å². The van der Waals surface area contributed by atoms with Crippen LogP contribution in [0.5, 0.6) is 28.7 Å². The maximum absolute atomic E-state index is 12.5. The van der Waals surface area contributed by atoms with Crippen LogP contribution in [0.4, 0.5) is 0 Å². The van der Waals surface area contributed by atoms with E-state index < -0.39 is 0 Å². The van der Waals surface area contributed by atoms with Crippen molar-refractivity contribution in [2.75, 3.05) is 28.4 Å². The number of esters is 1. The third kappa shape index (κ3) is 3.40. The molecule has 0 spiro atoms. The van der Waals surface area contributed by atoms with Crippen molar-refractivity contribution >= 4 is 5.97 Å². The zero-order chi connectivity index (χ0) is 18.7. The Bertz CT molecular complexity index is 760. The lowest BCUT2D eigenvalue weighted by Crippen LogP contribution is -2.12. The van der Waals surface area contributed by atoms with E-state index in [9.17, 15) is 4.79 Å². The number of methoxy groups -OCH3 is 4. The molecule has 0 radical (unpaired) electrons. The lowest BCUT2D eigenvalue weighted by molar-refractivity contribution is -0.133. The number of fused-ring (bicyclic) bond motifs is 2. The molecular weight excluding hydrogens is 336 g/mol. The summed E-state index contributed by atoms with van der Waals surface area (Å²) in [6.07, 6.45) is 1.57. The van der Waals surface area contributed by atoms with Gasteiger partial charge < -0.3 is 23.7 Å². The molecule has 0 aromatic heterocycles. The zero-order valence-electron chi connectivity index (χ0n) is 15.4. The molecule has 1 aliphatic rings. The minimum Gasteiger partial charge on any atom is -0.493 e. The first-order valence-corrected chi connectivity index (χ1v) is 8.29. The first kappa shape index (κ1) is 17.9. The summed E-state index contributed by atoms with van der Waals surface area (Å²) in [4.78, 5) is 12.5. The monoisotopic (exact) mass is 358 g/mol. The Morgan fingerprint density at radius 3 is 1.73 bits per heavy atom. The molecule has 0 fully saturated rings. The van der Waals surface area contributed by atoms with Crippen molar-refractivity contribution in [3.63, 3.8) is 0 Å². The Morgan fingerprint density at radius 2 is 1.15 bits per heavy atom. The molecule has 0 amide bonds. The summed E-state index contributed by atoms with van der Waals surface area (Å²) in [7, 11) is 6.31. The van der Waals surface area contributed by atoms with Crippen LogP contribution in [0.2, 0.25) is 0 Å². The van der Waals surface area contributed by atoms with E-state index in [1.54, 1.807) is 34.5 Å². The van der Waals surface area contributed by atoms with Gasteiger partial charge in [0.15, 0.2) is 23.0 Å². The van der Waals surface area contributed by atoms with Crippen molar-refractivity contribution in [1.29, 1.82) is 0 Å². The molecule has 2 aromatic rings. The van der Waals surface area contributed by atoms with Crippen LogP contribution in [-0.2, 0) is 24.1 Å². The van der Waals surface area contributed by atoms with Gasteiger partial charge >= 0.3 is 5.97 Å². The third-order valence-corrected chi connectivity index (χ3v) is 4.49. The average molecular weight is 358 g/mol. The van der Waals surface area contributed by atoms with Crippen LogP contribution in [0.3, 0.4) is 0 Å². The highest BCUT2D eigenvalue weighted by atomic mass is 16.5. The molecule has 6 nitrogen and oxygen atoms in total. The fraction of sp³-hybridized carbons (Fsp3) is 0.350. The van der Waals surface area contributed by atoms with Crippen LogP contribution in [0, 0.1) is 0 Å². The van der Waals surface area contributed by atoms with Gasteiger partial charge in [0.1, 0.15) is 5.75 Å². The number of ether oxygens (including phenoxy) is 5. The molecule has 1 aliphatic heterocycles. The summed E-state index contributed by atoms with van der Waals surface area (Å²) in [5, 5.41) is 0. The highest BCUT2D eigenvalue weighted by Gasteiger charge is 2.21. The molecule has 1 heterocycles. The number of hydrogen-bond donors (Lipinski definition) is 0. The van der Waals surface area contributed by atoms with Gasteiger partial charge in [0.2, 0.25) is 0 Å². The fourth-order valence-electron chi connectivity index (χ4n) is 3.14. The number of rotatable bonds is 4. The maximum atomic E-state index is 12.5. The van der Waals surface area contributed by atoms with Crippen LogP contribution < -0.4 is 23.7 Å². The number of benzene rings is 2. The van der Waals surface area contributed by atoms with Gasteiger partial charge in [-0.05, 0) is 47.7 Å². The van der Waals surface area contributed by atoms with Crippen molar-refractivity contribution in [3.05, 3.63) is 41.0 Å². The largest absolute Gasteiger partial charge is 0.493 e. The molecule has 138 valence electrons. The second-order valence-electron chi connectivity index (χ2n) is 5.94. The Balaban J connectivity index is 2.04. The molecule has 0 N–H and O–H groups in total. The molecule has 0 saturated carbocycles. The zero-order valence-corrected chi connectivity index (χ0v) is 15.4. The third-order valence-electron chi connectivity index (χ3n) is 4.49. The summed E-state index contributed by atoms with van der Waals surface area (Å²) in [6, 6.07) is 7.32. The van der Waals surface area contributed by atoms with Crippen LogP contribution in [0.15, 0.2) is 24.3 Å². The molecular formula is C20H22O6. The Kier molecular flexibility index (Phi) is 5.21. The van der Waals surface area contributed by atoms with Crippen molar-refractivity contribution in [3.8, 4) is 28.7 Å². The van der Waals surface area contributed by atoms with E-state index in [-0.39, 0.29) is 12.4 Å². The van der Waals surface area contributed by atoms with Crippen LogP contribution >= 0.6 is 0 Å². The van der Waals surface area contributed by atoms with E-state index in [1.807, 2.05) is 18.2 Å². The minimum atomic E-state index is -0.339. The maximum Gasteiger partial charge on any atom is 0.315 e. The van der Waals surface area contributed by atoms with E-state index in [1.165, 1.54) is 0 Å². The Hall–Kier alpha value is -2.89. The van der Waals surface area contributed by atoms with Crippen molar-refractivity contribution in [1.82, 2.24) is 0 Å². The second kappa shape index (κ2) is 7.56. The summed E-state index contributed by atoms with van der Waals surface area (Å²) in [5.41, 5.74) is 2.79. The van der Waals surface area contributed by atoms with Gasteiger partial charge in [-0.25, -0.2) is 0 Å². The number of carbonyl (C=O) groups excluding carboxylic acids is 1. The van der Waals surface area contributed by atoms with Crippen LogP contribution in [0.25, 0.3) is 0 Å². The van der Waals surface area contributed by atoms with Gasteiger partial charge in [0.25, 0.3) is 0 Å².